The molecule has 7 nitrogen and oxygen atoms in total. The Kier molecular flexibility index (Phi) is 4.56. The van der Waals surface area contributed by atoms with Crippen molar-refractivity contribution in [3.63, 3.8) is 0 Å². The summed E-state index contributed by atoms with van der Waals surface area (Å²) in [5.74, 6) is -0.752. The van der Waals surface area contributed by atoms with E-state index in [2.05, 4.69) is 20.6 Å². The first-order chi connectivity index (χ1) is 10.2. The molecule has 0 spiro atoms. The Hall–Kier alpha value is -3.27. The number of carbonyl (C=O) groups excluding carboxylic acids is 2. The number of benzene rings is 1. The molecule has 2 aromatic rings. The van der Waals surface area contributed by atoms with Gasteiger partial charge in [0.25, 0.3) is 5.91 Å². The molecule has 2 rings (SSSR count). The van der Waals surface area contributed by atoms with Crippen LogP contribution in [0, 0.1) is 11.3 Å². The van der Waals surface area contributed by atoms with Crippen LogP contribution in [0.4, 0.5) is 11.4 Å². The van der Waals surface area contributed by atoms with Crippen LogP contribution in [0.3, 0.4) is 0 Å². The van der Waals surface area contributed by atoms with Crippen molar-refractivity contribution in [2.24, 2.45) is 0 Å². The van der Waals surface area contributed by atoms with Crippen LogP contribution in [0.25, 0.3) is 0 Å². The van der Waals surface area contributed by atoms with Crippen molar-refractivity contribution in [3.8, 4) is 6.07 Å². The lowest BCUT2D eigenvalue weighted by atomic mass is 10.2. The zero-order valence-electron chi connectivity index (χ0n) is 10.9. The monoisotopic (exact) mass is 281 g/mol. The highest BCUT2D eigenvalue weighted by Crippen LogP contribution is 2.14. The summed E-state index contributed by atoms with van der Waals surface area (Å²) in [6, 6.07) is 8.28. The molecule has 0 aliphatic rings. The van der Waals surface area contributed by atoms with Gasteiger partial charge < -0.3 is 10.6 Å². The third-order valence-corrected chi connectivity index (χ3v) is 2.46. The predicted molar refractivity (Wildman–Crippen MR) is 75.3 cm³/mol. The van der Waals surface area contributed by atoms with E-state index in [1.54, 1.807) is 30.3 Å². The van der Waals surface area contributed by atoms with E-state index in [0.29, 0.717) is 11.4 Å². The third kappa shape index (κ3) is 4.11. The molecule has 1 aromatic carbocycles. The molecule has 21 heavy (non-hydrogen) atoms. The van der Waals surface area contributed by atoms with Crippen LogP contribution >= 0.6 is 0 Å². The Balaban J connectivity index is 1.98. The third-order valence-electron chi connectivity index (χ3n) is 2.46. The van der Waals surface area contributed by atoms with Gasteiger partial charge in [-0.15, -0.1) is 0 Å². The van der Waals surface area contributed by atoms with Gasteiger partial charge in [0, 0.05) is 23.8 Å². The molecule has 2 amide bonds. The number of nitriles is 1. The average molecular weight is 281 g/mol. The van der Waals surface area contributed by atoms with E-state index in [1.807, 2.05) is 0 Å². The summed E-state index contributed by atoms with van der Waals surface area (Å²) in [4.78, 5) is 30.8. The SMILES string of the molecule is N#CCC(=O)Nc1ccc(NC(=O)c2cnccn2)cc1. The van der Waals surface area contributed by atoms with Crippen LogP contribution in [0.2, 0.25) is 0 Å². The zero-order chi connectivity index (χ0) is 15.1. The van der Waals surface area contributed by atoms with E-state index >= 15 is 0 Å². The number of nitrogens with one attached hydrogen (secondary N) is 2. The number of aromatic nitrogens is 2. The van der Waals surface area contributed by atoms with Gasteiger partial charge in [-0.3, -0.25) is 14.6 Å². The normalized spacial score (nSPS) is 9.48. The molecule has 2 N–H and O–H groups in total. The van der Waals surface area contributed by atoms with Gasteiger partial charge in [-0.05, 0) is 24.3 Å². The first-order valence-corrected chi connectivity index (χ1v) is 6.03. The van der Waals surface area contributed by atoms with Gasteiger partial charge in [0.1, 0.15) is 12.1 Å². The largest absolute Gasteiger partial charge is 0.325 e. The van der Waals surface area contributed by atoms with Crippen LogP contribution < -0.4 is 10.6 Å². The highest BCUT2D eigenvalue weighted by molar-refractivity contribution is 6.02. The number of rotatable bonds is 4. The number of anilines is 2. The quantitative estimate of drug-likeness (QED) is 0.884. The molecule has 0 atom stereocenters. The fourth-order valence-corrected chi connectivity index (χ4v) is 1.53. The first kappa shape index (κ1) is 14.1. The molecule has 7 heteroatoms. The van der Waals surface area contributed by atoms with Gasteiger partial charge in [0.05, 0.1) is 12.3 Å². The van der Waals surface area contributed by atoms with Crippen molar-refractivity contribution in [3.05, 3.63) is 48.5 Å². The summed E-state index contributed by atoms with van der Waals surface area (Å²) in [6.07, 6.45) is 4.08. The highest BCUT2D eigenvalue weighted by Gasteiger charge is 2.07. The lowest BCUT2D eigenvalue weighted by molar-refractivity contribution is -0.115. The molecule has 0 radical (unpaired) electrons. The second kappa shape index (κ2) is 6.77. The van der Waals surface area contributed by atoms with Crippen LogP contribution in [-0.2, 0) is 4.79 Å². The molecule has 0 fully saturated rings. The van der Waals surface area contributed by atoms with Gasteiger partial charge in [-0.2, -0.15) is 5.26 Å². The second-order valence-electron chi connectivity index (χ2n) is 4.01. The summed E-state index contributed by atoms with van der Waals surface area (Å²) < 4.78 is 0. The summed E-state index contributed by atoms with van der Waals surface area (Å²) in [5, 5.41) is 13.6. The Morgan fingerprint density at radius 1 is 1.10 bits per heavy atom. The minimum Gasteiger partial charge on any atom is -0.325 e. The minimum atomic E-state index is -0.381. The average Bonchev–Trinajstić information content (AvgIpc) is 2.50. The summed E-state index contributed by atoms with van der Waals surface area (Å²) in [7, 11) is 0. The maximum atomic E-state index is 11.8. The zero-order valence-corrected chi connectivity index (χ0v) is 10.9. The van der Waals surface area contributed by atoms with E-state index in [9.17, 15) is 9.59 Å². The topological polar surface area (TPSA) is 108 Å². The van der Waals surface area contributed by atoms with Crippen LogP contribution in [0.5, 0.6) is 0 Å². The van der Waals surface area contributed by atoms with Crippen molar-refractivity contribution >= 4 is 23.2 Å². The van der Waals surface area contributed by atoms with Gasteiger partial charge in [-0.1, -0.05) is 0 Å². The molecule has 0 bridgehead atoms. The number of amides is 2. The van der Waals surface area contributed by atoms with Crippen LogP contribution in [0.1, 0.15) is 16.9 Å². The van der Waals surface area contributed by atoms with Crippen molar-refractivity contribution < 1.29 is 9.59 Å². The summed E-state index contributed by atoms with van der Waals surface area (Å²) >= 11 is 0. The van der Waals surface area contributed by atoms with Crippen molar-refractivity contribution in [1.82, 2.24) is 9.97 Å². The maximum Gasteiger partial charge on any atom is 0.275 e. The Labute approximate surface area is 120 Å². The fraction of sp³-hybridized carbons (Fsp3) is 0.0714. The van der Waals surface area contributed by atoms with Crippen LogP contribution in [0.15, 0.2) is 42.9 Å². The van der Waals surface area contributed by atoms with Gasteiger partial charge in [-0.25, -0.2) is 4.98 Å². The van der Waals surface area contributed by atoms with Crippen molar-refractivity contribution in [2.75, 3.05) is 10.6 Å². The Morgan fingerprint density at radius 3 is 2.33 bits per heavy atom. The van der Waals surface area contributed by atoms with E-state index < -0.39 is 0 Å². The van der Waals surface area contributed by atoms with E-state index in [4.69, 9.17) is 5.26 Å². The van der Waals surface area contributed by atoms with Crippen molar-refractivity contribution in [2.45, 2.75) is 6.42 Å². The molecular weight excluding hydrogens is 270 g/mol. The Morgan fingerprint density at radius 2 is 1.76 bits per heavy atom. The standard InChI is InChI=1S/C14H11N5O2/c15-6-5-13(20)18-10-1-3-11(4-2-10)19-14(21)12-9-16-7-8-17-12/h1-4,7-9H,5H2,(H,18,20)(H,19,21). The van der Waals surface area contributed by atoms with Crippen LogP contribution in [-0.4, -0.2) is 21.8 Å². The molecule has 1 heterocycles. The summed E-state index contributed by atoms with van der Waals surface area (Å²) in [6.45, 7) is 0. The van der Waals surface area contributed by atoms with Gasteiger partial charge in [0.15, 0.2) is 0 Å². The number of hydrogen-bond donors (Lipinski definition) is 2. The van der Waals surface area contributed by atoms with Gasteiger partial charge >= 0.3 is 0 Å². The Bertz CT molecular complexity index is 677. The maximum absolute atomic E-state index is 11.8. The number of carbonyl (C=O) groups is 2. The smallest absolute Gasteiger partial charge is 0.275 e. The predicted octanol–water partition coefficient (Wildman–Crippen LogP) is 1.58. The number of hydrogen-bond acceptors (Lipinski definition) is 5. The van der Waals surface area contributed by atoms with Gasteiger partial charge in [0.2, 0.25) is 5.91 Å². The first-order valence-electron chi connectivity index (χ1n) is 6.03. The fourth-order valence-electron chi connectivity index (χ4n) is 1.53. The highest BCUT2D eigenvalue weighted by atomic mass is 16.2. The molecule has 0 saturated heterocycles. The van der Waals surface area contributed by atoms with E-state index in [1.165, 1.54) is 18.6 Å². The molecule has 0 saturated carbocycles. The molecule has 0 aliphatic carbocycles. The van der Waals surface area contributed by atoms with E-state index in [0.717, 1.165) is 0 Å². The molecule has 104 valence electrons. The lowest BCUT2D eigenvalue weighted by Crippen LogP contribution is -2.14. The lowest BCUT2D eigenvalue weighted by Gasteiger charge is -2.06. The van der Waals surface area contributed by atoms with Crippen molar-refractivity contribution in [1.29, 1.82) is 5.26 Å². The van der Waals surface area contributed by atoms with E-state index in [-0.39, 0.29) is 23.9 Å². The summed E-state index contributed by atoms with van der Waals surface area (Å²) in [5.41, 5.74) is 1.32. The molecular formula is C14H11N5O2. The molecule has 1 aromatic heterocycles. The number of nitrogens with zero attached hydrogens (tertiary/aromatic N) is 3. The minimum absolute atomic E-state index is 0.203. The molecule has 0 aliphatic heterocycles. The molecule has 0 unspecified atom stereocenters. The second-order valence-corrected chi connectivity index (χ2v) is 4.01.